The van der Waals surface area contributed by atoms with Crippen LogP contribution in [0.1, 0.15) is 31.2 Å². The van der Waals surface area contributed by atoms with Crippen molar-refractivity contribution < 1.29 is 13.5 Å². The summed E-state index contributed by atoms with van der Waals surface area (Å²) >= 11 is 5.90. The molecule has 0 aliphatic heterocycles. The zero-order valence-electron chi connectivity index (χ0n) is 9.50. The number of ether oxygens (including phenoxy) is 1. The molecule has 0 bridgehead atoms. The Morgan fingerprint density at radius 2 is 2.11 bits per heavy atom. The molecule has 1 saturated carbocycles. The highest BCUT2D eigenvalue weighted by Crippen LogP contribution is 2.35. The van der Waals surface area contributed by atoms with Crippen molar-refractivity contribution in [3.63, 3.8) is 0 Å². The molecular weight excluding hydrogens is 262 g/mol. The topological polar surface area (TPSA) is 45.9 Å². The number of hydrogen-bond donors (Lipinski definition) is 0. The summed E-state index contributed by atoms with van der Waals surface area (Å²) in [5.41, 5.74) is 0.336. The Morgan fingerprint density at radius 3 is 2.67 bits per heavy atom. The van der Waals surface area contributed by atoms with Gasteiger partial charge in [-0.15, -0.1) is 0 Å². The maximum atomic E-state index is 13.0. The summed E-state index contributed by atoms with van der Waals surface area (Å²) in [4.78, 5) is 3.92. The number of aromatic nitrogens is 1. The highest BCUT2D eigenvalue weighted by atomic mass is 35.5. The van der Waals surface area contributed by atoms with Gasteiger partial charge >= 0.3 is 0 Å². The number of nitrogens with zero attached hydrogens (tertiary/aromatic N) is 2. The van der Waals surface area contributed by atoms with Crippen LogP contribution in [0.15, 0.2) is 12.3 Å². The second kappa shape index (κ2) is 5.07. The van der Waals surface area contributed by atoms with Gasteiger partial charge in [0, 0.05) is 19.0 Å². The summed E-state index contributed by atoms with van der Waals surface area (Å²) < 4.78 is 31.4. The molecule has 0 unspecified atom stereocenters. The lowest BCUT2D eigenvalue weighted by molar-refractivity contribution is -0.0588. The third-order valence-corrected chi connectivity index (χ3v) is 3.15. The van der Waals surface area contributed by atoms with E-state index >= 15 is 0 Å². The first-order valence-corrected chi connectivity index (χ1v) is 5.98. The molecule has 1 aliphatic carbocycles. The van der Waals surface area contributed by atoms with E-state index in [1.165, 1.54) is 12.3 Å². The number of nitriles is 1. The first-order chi connectivity index (χ1) is 8.50. The minimum atomic E-state index is -2.58. The van der Waals surface area contributed by atoms with Crippen molar-refractivity contribution in [3.8, 4) is 11.9 Å². The van der Waals surface area contributed by atoms with Crippen LogP contribution in [0.5, 0.6) is 5.88 Å². The molecule has 6 heteroatoms. The van der Waals surface area contributed by atoms with Gasteiger partial charge in [0.2, 0.25) is 11.8 Å². The number of alkyl halides is 2. The minimum absolute atomic E-state index is 0.175. The zero-order chi connectivity index (χ0) is 13.2. The van der Waals surface area contributed by atoms with Crippen LogP contribution < -0.4 is 4.74 Å². The fraction of sp³-hybridized carbons (Fsp3) is 0.500. The molecule has 0 amide bonds. The van der Waals surface area contributed by atoms with Crippen molar-refractivity contribution in [2.75, 3.05) is 0 Å². The molecule has 0 saturated heterocycles. The third-order valence-electron chi connectivity index (χ3n) is 2.88. The Kier molecular flexibility index (Phi) is 3.67. The van der Waals surface area contributed by atoms with Gasteiger partial charge in [0.1, 0.15) is 17.2 Å². The summed E-state index contributed by atoms with van der Waals surface area (Å²) in [5.74, 6) is -2.38. The van der Waals surface area contributed by atoms with Crippen molar-refractivity contribution in [3.05, 3.63) is 22.8 Å². The third kappa shape index (κ3) is 3.08. The maximum absolute atomic E-state index is 13.0. The zero-order valence-corrected chi connectivity index (χ0v) is 10.3. The lowest BCUT2D eigenvalue weighted by Crippen LogP contribution is -2.31. The quantitative estimate of drug-likeness (QED) is 0.827. The van der Waals surface area contributed by atoms with E-state index in [4.69, 9.17) is 21.6 Å². The molecule has 1 aliphatic rings. The van der Waals surface area contributed by atoms with Crippen LogP contribution in [0.4, 0.5) is 8.78 Å². The fourth-order valence-electron chi connectivity index (χ4n) is 1.86. The van der Waals surface area contributed by atoms with Gasteiger partial charge in [-0.25, -0.2) is 13.8 Å². The molecule has 1 fully saturated rings. The van der Waals surface area contributed by atoms with Crippen LogP contribution in [0.25, 0.3) is 0 Å². The maximum Gasteiger partial charge on any atom is 0.248 e. The molecule has 2 rings (SSSR count). The number of pyridine rings is 1. The van der Waals surface area contributed by atoms with Gasteiger partial charge in [0.15, 0.2) is 0 Å². The number of halogens is 3. The largest absolute Gasteiger partial charge is 0.473 e. The predicted octanol–water partition coefficient (Wildman–Crippen LogP) is 3.56. The normalized spacial score (nSPS) is 19.2. The van der Waals surface area contributed by atoms with Gasteiger partial charge in [0.05, 0.1) is 5.56 Å². The van der Waals surface area contributed by atoms with Crippen molar-refractivity contribution >= 4 is 11.6 Å². The van der Waals surface area contributed by atoms with E-state index < -0.39 is 5.92 Å². The van der Waals surface area contributed by atoms with Crippen LogP contribution in [0.3, 0.4) is 0 Å². The van der Waals surface area contributed by atoms with Gasteiger partial charge < -0.3 is 4.74 Å². The minimum Gasteiger partial charge on any atom is -0.473 e. The van der Waals surface area contributed by atoms with Crippen molar-refractivity contribution in [2.45, 2.75) is 37.7 Å². The molecule has 1 aromatic rings. The monoisotopic (exact) mass is 272 g/mol. The average molecular weight is 273 g/mol. The lowest BCUT2D eigenvalue weighted by atomic mass is 9.94. The smallest absolute Gasteiger partial charge is 0.248 e. The van der Waals surface area contributed by atoms with Gasteiger partial charge in [-0.1, -0.05) is 11.6 Å². The Balaban J connectivity index is 2.01. The van der Waals surface area contributed by atoms with Crippen LogP contribution in [-0.2, 0) is 0 Å². The molecule has 0 radical (unpaired) electrons. The highest BCUT2D eigenvalue weighted by Gasteiger charge is 2.36. The first kappa shape index (κ1) is 13.0. The summed E-state index contributed by atoms with van der Waals surface area (Å²) in [7, 11) is 0. The Bertz CT molecular complexity index is 477. The van der Waals surface area contributed by atoms with E-state index in [1.807, 2.05) is 6.07 Å². The van der Waals surface area contributed by atoms with Crippen molar-refractivity contribution in [1.29, 1.82) is 5.26 Å². The second-order valence-corrected chi connectivity index (χ2v) is 4.70. The molecule has 0 atom stereocenters. The van der Waals surface area contributed by atoms with Crippen LogP contribution in [0, 0.1) is 11.3 Å². The van der Waals surface area contributed by atoms with Gasteiger partial charge in [-0.05, 0) is 18.9 Å². The molecule has 1 aromatic heterocycles. The lowest BCUT2D eigenvalue weighted by Gasteiger charge is -2.28. The molecular formula is C12H11ClF2N2O. The molecule has 1 heterocycles. The molecule has 96 valence electrons. The van der Waals surface area contributed by atoms with E-state index in [2.05, 4.69) is 4.98 Å². The summed E-state index contributed by atoms with van der Waals surface area (Å²) in [6.45, 7) is 0. The van der Waals surface area contributed by atoms with Crippen molar-refractivity contribution in [2.24, 2.45) is 0 Å². The van der Waals surface area contributed by atoms with Crippen LogP contribution in [0.2, 0.25) is 5.02 Å². The molecule has 0 aromatic carbocycles. The molecule has 0 N–H and O–H groups in total. The number of hydrogen-bond acceptors (Lipinski definition) is 3. The van der Waals surface area contributed by atoms with Crippen LogP contribution >= 0.6 is 11.6 Å². The second-order valence-electron chi connectivity index (χ2n) is 4.30. The first-order valence-electron chi connectivity index (χ1n) is 5.60. The van der Waals surface area contributed by atoms with Gasteiger partial charge in [-0.2, -0.15) is 5.26 Å². The average Bonchev–Trinajstić information content (AvgIpc) is 2.34. The Labute approximate surface area is 108 Å². The summed E-state index contributed by atoms with van der Waals surface area (Å²) in [6, 6.07) is 3.35. The standard InChI is InChI=1S/C12H11ClF2N2O/c13-10-5-8(6-16)7-17-11(10)18-9-1-3-12(14,15)4-2-9/h5,7,9H,1-4H2. The van der Waals surface area contributed by atoms with Gasteiger partial charge in [0.25, 0.3) is 0 Å². The SMILES string of the molecule is N#Cc1cnc(OC2CCC(F)(F)CC2)c(Cl)c1. The Morgan fingerprint density at radius 1 is 1.44 bits per heavy atom. The van der Waals surface area contributed by atoms with Crippen LogP contribution in [-0.4, -0.2) is 17.0 Å². The van der Waals surface area contributed by atoms with E-state index in [1.54, 1.807) is 0 Å². The summed E-state index contributed by atoms with van der Waals surface area (Å²) in [5, 5.41) is 8.89. The van der Waals surface area contributed by atoms with E-state index in [0.29, 0.717) is 5.56 Å². The van der Waals surface area contributed by atoms with E-state index in [9.17, 15) is 8.78 Å². The predicted molar refractivity (Wildman–Crippen MR) is 61.8 cm³/mol. The highest BCUT2D eigenvalue weighted by molar-refractivity contribution is 6.31. The fourth-order valence-corrected chi connectivity index (χ4v) is 2.07. The van der Waals surface area contributed by atoms with E-state index in [-0.39, 0.29) is 42.7 Å². The van der Waals surface area contributed by atoms with Crippen molar-refractivity contribution in [1.82, 2.24) is 4.98 Å². The molecule has 0 spiro atoms. The van der Waals surface area contributed by atoms with Gasteiger partial charge in [-0.3, -0.25) is 0 Å². The Hall–Kier alpha value is -1.41. The molecule has 3 nitrogen and oxygen atoms in total. The number of rotatable bonds is 2. The van der Waals surface area contributed by atoms with E-state index in [0.717, 1.165) is 0 Å². The molecule has 18 heavy (non-hydrogen) atoms. The summed E-state index contributed by atoms with van der Waals surface area (Å²) in [6.07, 6.45) is 1.27.